The maximum Gasteiger partial charge on any atom is 0.315 e. The molecule has 0 aromatic heterocycles. The molecule has 3 N–H and O–H groups in total. The fraction of sp³-hybridized carbons (Fsp3) is 0.480. The Morgan fingerprint density at radius 2 is 1.81 bits per heavy atom. The van der Waals surface area contributed by atoms with Gasteiger partial charge < -0.3 is 25.0 Å². The first-order chi connectivity index (χ1) is 15.0. The van der Waals surface area contributed by atoms with Crippen molar-refractivity contribution in [2.45, 2.75) is 52.2 Å². The minimum Gasteiger partial charge on any atom is -0.493 e. The first-order valence-corrected chi connectivity index (χ1v) is 11.2. The van der Waals surface area contributed by atoms with Gasteiger partial charge in [-0.3, -0.25) is 0 Å². The predicted molar refractivity (Wildman–Crippen MR) is 123 cm³/mol. The number of amides is 2. The minimum atomic E-state index is -0.114. The Balaban J connectivity index is 2.00. The summed E-state index contributed by atoms with van der Waals surface area (Å²) in [5.41, 5.74) is 5.07. The maximum absolute atomic E-state index is 12.4. The summed E-state index contributed by atoms with van der Waals surface area (Å²) < 4.78 is 11.2. The van der Waals surface area contributed by atoms with Crippen molar-refractivity contribution in [1.29, 1.82) is 0 Å². The number of urea groups is 1. The van der Waals surface area contributed by atoms with E-state index in [1.807, 2.05) is 6.92 Å². The molecule has 6 nitrogen and oxygen atoms in total. The lowest BCUT2D eigenvalue weighted by atomic mass is 9.86. The molecule has 1 aliphatic rings. The van der Waals surface area contributed by atoms with Gasteiger partial charge in [0.05, 0.1) is 26.8 Å². The number of hydrogen-bond acceptors (Lipinski definition) is 3. The SMILES string of the molecule is CCNC(=O)N[C@@H](CC)[C@@H]1c2cc(OC)c(OC)cc2CC[NH+]1Cc1ccc(C)cc1. The molecular weight excluding hydrogens is 390 g/mol. The third kappa shape index (κ3) is 5.31. The second-order valence-electron chi connectivity index (χ2n) is 8.22. The van der Waals surface area contributed by atoms with Gasteiger partial charge in [0, 0.05) is 24.1 Å². The number of ether oxygens (including phenoxy) is 2. The van der Waals surface area contributed by atoms with Crippen LogP contribution in [0.1, 0.15) is 48.6 Å². The van der Waals surface area contributed by atoms with Crippen LogP contribution in [-0.2, 0) is 13.0 Å². The van der Waals surface area contributed by atoms with Gasteiger partial charge in [-0.05, 0) is 38.0 Å². The number of nitrogens with one attached hydrogen (secondary N) is 3. The lowest BCUT2D eigenvalue weighted by molar-refractivity contribution is -0.948. The third-order valence-corrected chi connectivity index (χ3v) is 6.18. The molecule has 168 valence electrons. The number of methoxy groups -OCH3 is 2. The normalized spacial score (nSPS) is 18.6. The summed E-state index contributed by atoms with van der Waals surface area (Å²) in [6.45, 7) is 8.69. The van der Waals surface area contributed by atoms with Crippen molar-refractivity contribution in [2.24, 2.45) is 0 Å². The molecule has 2 amide bonds. The molecule has 1 unspecified atom stereocenters. The van der Waals surface area contributed by atoms with Crippen molar-refractivity contribution < 1.29 is 19.2 Å². The molecule has 2 aromatic carbocycles. The van der Waals surface area contributed by atoms with Gasteiger partial charge in [0.25, 0.3) is 0 Å². The van der Waals surface area contributed by atoms with E-state index >= 15 is 0 Å². The number of rotatable bonds is 8. The van der Waals surface area contributed by atoms with Crippen LogP contribution in [0.3, 0.4) is 0 Å². The highest BCUT2D eigenvalue weighted by atomic mass is 16.5. The van der Waals surface area contributed by atoms with Crippen LogP contribution in [0.15, 0.2) is 36.4 Å². The van der Waals surface area contributed by atoms with E-state index in [9.17, 15) is 4.79 Å². The van der Waals surface area contributed by atoms with E-state index in [4.69, 9.17) is 9.47 Å². The summed E-state index contributed by atoms with van der Waals surface area (Å²) >= 11 is 0. The van der Waals surface area contributed by atoms with Gasteiger partial charge in [0.15, 0.2) is 11.5 Å². The number of quaternary nitrogens is 1. The summed E-state index contributed by atoms with van der Waals surface area (Å²) in [7, 11) is 3.34. The topological polar surface area (TPSA) is 64.0 Å². The Bertz CT molecular complexity index is 882. The van der Waals surface area contributed by atoms with Crippen LogP contribution in [0.25, 0.3) is 0 Å². The van der Waals surface area contributed by atoms with Gasteiger partial charge in [-0.15, -0.1) is 0 Å². The molecule has 0 saturated heterocycles. The molecule has 0 bridgehead atoms. The number of fused-ring (bicyclic) bond motifs is 1. The Kier molecular flexibility index (Phi) is 7.80. The Morgan fingerprint density at radius 3 is 2.42 bits per heavy atom. The van der Waals surface area contributed by atoms with E-state index in [0.29, 0.717) is 6.54 Å². The molecule has 1 aliphatic heterocycles. The fourth-order valence-electron chi connectivity index (χ4n) is 4.58. The average Bonchev–Trinajstić information content (AvgIpc) is 2.78. The largest absolute Gasteiger partial charge is 0.493 e. The lowest BCUT2D eigenvalue weighted by Gasteiger charge is -2.39. The van der Waals surface area contributed by atoms with Crippen molar-refractivity contribution in [3.63, 3.8) is 0 Å². The molecule has 0 spiro atoms. The van der Waals surface area contributed by atoms with E-state index in [-0.39, 0.29) is 18.1 Å². The van der Waals surface area contributed by atoms with Crippen LogP contribution in [0, 0.1) is 6.92 Å². The summed E-state index contributed by atoms with van der Waals surface area (Å²) in [6, 6.07) is 13.0. The van der Waals surface area contributed by atoms with Crippen LogP contribution in [0.5, 0.6) is 11.5 Å². The second kappa shape index (κ2) is 10.5. The van der Waals surface area contributed by atoms with Gasteiger partial charge in [0.2, 0.25) is 0 Å². The molecular formula is C25H36N3O3+. The van der Waals surface area contributed by atoms with Crippen LogP contribution in [-0.4, -0.2) is 39.4 Å². The number of carbonyl (C=O) groups is 1. The third-order valence-electron chi connectivity index (χ3n) is 6.18. The van der Waals surface area contributed by atoms with Crippen molar-refractivity contribution in [3.05, 3.63) is 58.7 Å². The van der Waals surface area contributed by atoms with Gasteiger partial charge in [-0.25, -0.2) is 4.79 Å². The number of carbonyl (C=O) groups excluding carboxylic acids is 1. The summed E-state index contributed by atoms with van der Waals surface area (Å²) in [6.07, 6.45) is 1.80. The van der Waals surface area contributed by atoms with Crippen molar-refractivity contribution in [2.75, 3.05) is 27.3 Å². The highest BCUT2D eigenvalue weighted by Crippen LogP contribution is 2.35. The highest BCUT2D eigenvalue weighted by molar-refractivity contribution is 5.74. The minimum absolute atomic E-state index is 0.00384. The zero-order chi connectivity index (χ0) is 22.4. The molecule has 31 heavy (non-hydrogen) atoms. The lowest BCUT2D eigenvalue weighted by Crippen LogP contribution is -3.13. The Hall–Kier alpha value is -2.73. The monoisotopic (exact) mass is 426 g/mol. The second-order valence-corrected chi connectivity index (χ2v) is 8.22. The number of benzene rings is 2. The van der Waals surface area contributed by atoms with Crippen LogP contribution in [0.4, 0.5) is 4.79 Å². The molecule has 0 fully saturated rings. The van der Waals surface area contributed by atoms with E-state index in [1.165, 1.54) is 27.2 Å². The van der Waals surface area contributed by atoms with Crippen LogP contribution < -0.4 is 25.0 Å². The van der Waals surface area contributed by atoms with E-state index in [2.05, 4.69) is 60.9 Å². The fourth-order valence-corrected chi connectivity index (χ4v) is 4.58. The zero-order valence-corrected chi connectivity index (χ0v) is 19.4. The van der Waals surface area contributed by atoms with Gasteiger partial charge >= 0.3 is 6.03 Å². The Labute approximate surface area is 185 Å². The molecule has 0 saturated carbocycles. The van der Waals surface area contributed by atoms with E-state index in [1.54, 1.807) is 14.2 Å². The molecule has 2 aromatic rings. The predicted octanol–water partition coefficient (Wildman–Crippen LogP) is 2.79. The van der Waals surface area contributed by atoms with Crippen molar-refractivity contribution in [1.82, 2.24) is 10.6 Å². The summed E-state index contributed by atoms with van der Waals surface area (Å²) in [5.74, 6) is 1.49. The Morgan fingerprint density at radius 1 is 1.13 bits per heavy atom. The van der Waals surface area contributed by atoms with Crippen molar-refractivity contribution in [3.8, 4) is 11.5 Å². The smallest absolute Gasteiger partial charge is 0.315 e. The van der Waals surface area contributed by atoms with Crippen LogP contribution >= 0.6 is 0 Å². The van der Waals surface area contributed by atoms with Crippen LogP contribution in [0.2, 0.25) is 0 Å². The first-order valence-electron chi connectivity index (χ1n) is 11.2. The molecule has 3 rings (SSSR count). The number of hydrogen-bond donors (Lipinski definition) is 3. The molecule has 3 atom stereocenters. The quantitative estimate of drug-likeness (QED) is 0.608. The number of aryl methyl sites for hydroxylation is 1. The summed E-state index contributed by atoms with van der Waals surface area (Å²) in [4.78, 5) is 13.9. The van der Waals surface area contributed by atoms with Crippen molar-refractivity contribution >= 4 is 6.03 Å². The molecule has 0 radical (unpaired) electrons. The first kappa shape index (κ1) is 22.9. The molecule has 0 aliphatic carbocycles. The van der Waals surface area contributed by atoms with Gasteiger partial charge in [-0.1, -0.05) is 36.8 Å². The standard InChI is InChI=1S/C25H35N3O3/c1-6-21(27-25(29)26-7-2)24-20-15-23(31-5)22(30-4)14-19(20)12-13-28(24)16-18-10-8-17(3)9-11-18/h8-11,14-15,21,24H,6-7,12-13,16H2,1-5H3,(H2,26,27,29)/p+1/t21-,24-/m0/s1. The van der Waals surface area contributed by atoms with E-state index in [0.717, 1.165) is 37.4 Å². The highest BCUT2D eigenvalue weighted by Gasteiger charge is 2.38. The molecule has 6 heteroatoms. The summed E-state index contributed by atoms with van der Waals surface area (Å²) in [5, 5.41) is 6.11. The zero-order valence-electron chi connectivity index (χ0n) is 19.4. The van der Waals surface area contributed by atoms with Gasteiger partial charge in [0.1, 0.15) is 12.6 Å². The molecule has 1 heterocycles. The van der Waals surface area contributed by atoms with Gasteiger partial charge in [-0.2, -0.15) is 0 Å². The van der Waals surface area contributed by atoms with E-state index < -0.39 is 0 Å². The maximum atomic E-state index is 12.4. The average molecular weight is 427 g/mol.